The fraction of sp³-hybridized carbons (Fsp3) is 0.300. The summed E-state index contributed by atoms with van der Waals surface area (Å²) in [5.74, 6) is 11.5. The first-order valence-corrected chi connectivity index (χ1v) is 13.6. The maximum atomic E-state index is 3.39. The van der Waals surface area contributed by atoms with E-state index in [0.717, 1.165) is 5.56 Å². The minimum atomic E-state index is -1.38. The molecule has 0 saturated heterocycles. The van der Waals surface area contributed by atoms with Crippen molar-refractivity contribution in [3.63, 3.8) is 0 Å². The van der Waals surface area contributed by atoms with Crippen LogP contribution >= 0.6 is 0 Å². The standard InChI is InChI=1S/C20H24Ge/c1-20(2,3)18-14-13-17(19(15-18)21(4)5)12-11-16-9-7-6-8-10-16/h6-10,13-15,21H,1-5H3. The molecule has 0 saturated carbocycles. The van der Waals surface area contributed by atoms with Crippen LogP contribution in [0.5, 0.6) is 0 Å². The zero-order valence-corrected chi connectivity index (χ0v) is 16.1. The summed E-state index contributed by atoms with van der Waals surface area (Å²) in [6, 6.07) is 17.1. The molecule has 0 aliphatic heterocycles. The molecule has 2 rings (SSSR count). The molecule has 21 heavy (non-hydrogen) atoms. The Morgan fingerprint density at radius 1 is 0.857 bits per heavy atom. The quantitative estimate of drug-likeness (QED) is 0.544. The van der Waals surface area contributed by atoms with Gasteiger partial charge in [-0.05, 0) is 0 Å². The summed E-state index contributed by atoms with van der Waals surface area (Å²) in [4.78, 5) is 0. The van der Waals surface area contributed by atoms with Gasteiger partial charge < -0.3 is 0 Å². The predicted molar refractivity (Wildman–Crippen MR) is 96.1 cm³/mol. The van der Waals surface area contributed by atoms with E-state index in [9.17, 15) is 0 Å². The summed E-state index contributed by atoms with van der Waals surface area (Å²) >= 11 is -1.38. The predicted octanol–water partition coefficient (Wildman–Crippen LogP) is 4.08. The van der Waals surface area contributed by atoms with Crippen molar-refractivity contribution in [2.75, 3.05) is 0 Å². The molecule has 0 fully saturated rings. The molecule has 0 aliphatic carbocycles. The van der Waals surface area contributed by atoms with Crippen LogP contribution < -0.4 is 4.40 Å². The van der Waals surface area contributed by atoms with Crippen LogP contribution in [0, 0.1) is 11.8 Å². The molecule has 0 nitrogen and oxygen atoms in total. The molecular weight excluding hydrogens is 313 g/mol. The maximum absolute atomic E-state index is 3.39. The summed E-state index contributed by atoms with van der Waals surface area (Å²) in [5, 5.41) is 0. The van der Waals surface area contributed by atoms with Gasteiger partial charge in [0.2, 0.25) is 0 Å². The SMILES string of the molecule is [CH3][GeH]([CH3])[c]1cc(C(C)(C)C)ccc1C#Cc1ccccc1. The molecule has 0 unspecified atom stereocenters. The number of rotatable bonds is 1. The third-order valence-corrected chi connectivity index (χ3v) is 7.27. The van der Waals surface area contributed by atoms with E-state index < -0.39 is 14.3 Å². The second-order valence-electron chi connectivity index (χ2n) is 6.82. The van der Waals surface area contributed by atoms with Gasteiger partial charge >= 0.3 is 134 Å². The van der Waals surface area contributed by atoms with Gasteiger partial charge in [0, 0.05) is 0 Å². The molecule has 0 spiro atoms. The van der Waals surface area contributed by atoms with Gasteiger partial charge in [-0.15, -0.1) is 0 Å². The van der Waals surface area contributed by atoms with Crippen LogP contribution in [-0.2, 0) is 5.41 Å². The van der Waals surface area contributed by atoms with Gasteiger partial charge in [0.25, 0.3) is 0 Å². The second-order valence-corrected chi connectivity index (χ2v) is 13.0. The van der Waals surface area contributed by atoms with Crippen LogP contribution in [0.1, 0.15) is 37.5 Å². The Balaban J connectivity index is 2.43. The van der Waals surface area contributed by atoms with Crippen molar-refractivity contribution in [3.8, 4) is 11.8 Å². The van der Waals surface area contributed by atoms with Crippen LogP contribution in [-0.4, -0.2) is 14.3 Å². The zero-order chi connectivity index (χ0) is 15.5. The molecule has 0 N–H and O–H groups in total. The first-order valence-electron chi connectivity index (χ1n) is 7.59. The van der Waals surface area contributed by atoms with Crippen molar-refractivity contribution in [3.05, 3.63) is 65.2 Å². The number of hydrogen-bond acceptors (Lipinski definition) is 0. The van der Waals surface area contributed by atoms with E-state index in [4.69, 9.17) is 0 Å². The molecule has 2 aromatic carbocycles. The van der Waals surface area contributed by atoms with Gasteiger partial charge in [-0.25, -0.2) is 0 Å². The molecule has 0 radical (unpaired) electrons. The third kappa shape index (κ3) is 4.25. The Morgan fingerprint density at radius 3 is 2.10 bits per heavy atom. The summed E-state index contributed by atoms with van der Waals surface area (Å²) in [7, 11) is 0. The molecule has 2 aromatic rings. The van der Waals surface area contributed by atoms with E-state index in [1.807, 2.05) is 18.2 Å². The molecule has 1 heteroatoms. The summed E-state index contributed by atoms with van der Waals surface area (Å²) in [5.41, 5.74) is 3.93. The molecule has 108 valence electrons. The van der Waals surface area contributed by atoms with Crippen molar-refractivity contribution in [1.29, 1.82) is 0 Å². The average Bonchev–Trinajstić information content (AvgIpc) is 2.45. The van der Waals surface area contributed by atoms with Gasteiger partial charge in [-0.3, -0.25) is 0 Å². The van der Waals surface area contributed by atoms with E-state index >= 15 is 0 Å². The monoisotopic (exact) mass is 338 g/mol. The summed E-state index contributed by atoms with van der Waals surface area (Å²) in [6.45, 7) is 6.82. The summed E-state index contributed by atoms with van der Waals surface area (Å²) in [6.07, 6.45) is 0. The molecular formula is C20H24Ge. The van der Waals surface area contributed by atoms with E-state index in [1.54, 1.807) is 0 Å². The van der Waals surface area contributed by atoms with Crippen molar-refractivity contribution in [2.45, 2.75) is 37.7 Å². The van der Waals surface area contributed by atoms with E-state index in [1.165, 1.54) is 15.5 Å². The molecule has 0 amide bonds. The van der Waals surface area contributed by atoms with Crippen molar-refractivity contribution in [2.24, 2.45) is 0 Å². The van der Waals surface area contributed by atoms with Gasteiger partial charge in [-0.1, -0.05) is 0 Å². The Bertz CT molecular complexity index is 664. The Kier molecular flexibility index (Phi) is 4.96. The van der Waals surface area contributed by atoms with Gasteiger partial charge in [0.1, 0.15) is 0 Å². The van der Waals surface area contributed by atoms with Crippen molar-refractivity contribution >= 4 is 18.7 Å². The number of benzene rings is 2. The van der Waals surface area contributed by atoms with E-state index in [-0.39, 0.29) is 5.41 Å². The van der Waals surface area contributed by atoms with Gasteiger partial charge in [0.05, 0.1) is 0 Å². The summed E-state index contributed by atoms with van der Waals surface area (Å²) < 4.78 is 1.53. The normalized spacial score (nSPS) is 11.1. The van der Waals surface area contributed by atoms with Crippen LogP contribution in [0.15, 0.2) is 48.5 Å². The van der Waals surface area contributed by atoms with E-state index in [0.29, 0.717) is 0 Å². The van der Waals surface area contributed by atoms with Crippen LogP contribution in [0.2, 0.25) is 11.5 Å². The molecule has 0 heterocycles. The molecule has 0 aromatic heterocycles. The topological polar surface area (TPSA) is 0 Å². The van der Waals surface area contributed by atoms with E-state index in [2.05, 4.69) is 74.5 Å². The van der Waals surface area contributed by atoms with Gasteiger partial charge in [0.15, 0.2) is 0 Å². The molecule has 0 bridgehead atoms. The minimum absolute atomic E-state index is 0.206. The third-order valence-electron chi connectivity index (χ3n) is 3.65. The molecule has 0 aliphatic rings. The fourth-order valence-corrected chi connectivity index (χ4v) is 5.02. The van der Waals surface area contributed by atoms with Crippen LogP contribution in [0.25, 0.3) is 0 Å². The van der Waals surface area contributed by atoms with Crippen LogP contribution in [0.4, 0.5) is 0 Å². The second kappa shape index (κ2) is 6.54. The van der Waals surface area contributed by atoms with Crippen LogP contribution in [0.3, 0.4) is 0 Å². The average molecular weight is 337 g/mol. The zero-order valence-electron chi connectivity index (χ0n) is 13.7. The Hall–Kier alpha value is -1.46. The fourth-order valence-electron chi connectivity index (χ4n) is 2.28. The Morgan fingerprint density at radius 2 is 1.52 bits per heavy atom. The molecule has 0 atom stereocenters. The van der Waals surface area contributed by atoms with Crippen molar-refractivity contribution in [1.82, 2.24) is 0 Å². The first kappa shape index (κ1) is 15.9. The number of hydrogen-bond donors (Lipinski definition) is 0. The Labute approximate surface area is 133 Å². The van der Waals surface area contributed by atoms with Crippen molar-refractivity contribution < 1.29 is 0 Å². The first-order chi connectivity index (χ1) is 9.88. The van der Waals surface area contributed by atoms with Gasteiger partial charge in [-0.2, -0.15) is 0 Å².